The zero-order valence-electron chi connectivity index (χ0n) is 15.5. The minimum absolute atomic E-state index is 0.175. The first-order valence-electron chi connectivity index (χ1n) is 8.69. The first-order valence-corrected chi connectivity index (χ1v) is 10.1. The molecule has 0 aliphatic carbocycles. The maximum absolute atomic E-state index is 12.5. The van der Waals surface area contributed by atoms with Crippen LogP contribution in [0.4, 0.5) is 0 Å². The van der Waals surface area contributed by atoms with Crippen LogP contribution < -0.4 is 9.47 Å². The molecule has 0 amide bonds. The molecule has 1 aliphatic heterocycles. The van der Waals surface area contributed by atoms with Crippen molar-refractivity contribution < 1.29 is 22.1 Å². The van der Waals surface area contributed by atoms with Gasteiger partial charge in [-0.15, -0.1) is 0 Å². The first kappa shape index (κ1) is 18.9. The Kier molecular flexibility index (Phi) is 5.08. The third kappa shape index (κ3) is 4.24. The molecule has 26 heavy (non-hydrogen) atoms. The van der Waals surface area contributed by atoms with E-state index in [1.165, 1.54) is 0 Å². The van der Waals surface area contributed by atoms with Crippen molar-refractivity contribution >= 4 is 25.8 Å². The van der Waals surface area contributed by atoms with Gasteiger partial charge < -0.3 is 9.47 Å². The Hall–Kier alpha value is -1.92. The summed E-state index contributed by atoms with van der Waals surface area (Å²) < 4.78 is 41.9. The van der Waals surface area contributed by atoms with E-state index in [1.54, 1.807) is 24.3 Å². The van der Waals surface area contributed by atoms with Crippen LogP contribution in [0, 0.1) is 6.92 Å². The molecule has 0 N–H and O–H groups in total. The summed E-state index contributed by atoms with van der Waals surface area (Å²) in [5.41, 5.74) is 1.26. The molecule has 8 heteroatoms. The van der Waals surface area contributed by atoms with Gasteiger partial charge in [-0.25, -0.2) is 0 Å². The van der Waals surface area contributed by atoms with Crippen molar-refractivity contribution in [3.63, 3.8) is 0 Å². The lowest BCUT2D eigenvalue weighted by molar-refractivity contribution is 0.0833. The Morgan fingerprint density at radius 1 is 1.08 bits per heavy atom. The Labute approximate surface area is 156 Å². The van der Waals surface area contributed by atoms with Crippen molar-refractivity contribution in [3.05, 3.63) is 53.6 Å². The fraction of sp³-hybridized carbons (Fsp3) is 0.333. The van der Waals surface area contributed by atoms with Crippen LogP contribution in [-0.2, 0) is 20.7 Å². The quantitative estimate of drug-likeness (QED) is 0.566. The van der Waals surface area contributed by atoms with Crippen molar-refractivity contribution in [1.82, 2.24) is 0 Å². The molecular weight excluding hydrogens is 350 g/mol. The van der Waals surface area contributed by atoms with Crippen LogP contribution in [-0.4, -0.2) is 35.8 Å². The molecule has 1 heterocycles. The average Bonchev–Trinajstić information content (AvgIpc) is 2.87. The number of hydrogen-bond donors (Lipinski definition) is 0. The van der Waals surface area contributed by atoms with Crippen LogP contribution >= 0.6 is 0 Å². The second-order valence-corrected chi connectivity index (χ2v) is 8.55. The van der Waals surface area contributed by atoms with Crippen LogP contribution in [0.1, 0.15) is 24.5 Å². The summed E-state index contributed by atoms with van der Waals surface area (Å²) in [5, 5.41) is 0. The standard InChI is InChI=1S/C18H22B2O5S/c1-3-14(25-26(21,22)15-7-4-12(2)5-8-15)10-13-6-9-16-17(11-13)24-18(19,20)23-16/h4-9,11,14H,3,10,19-20H2,1-2H3. The zero-order chi connectivity index (χ0) is 18.9. The second-order valence-electron chi connectivity index (χ2n) is 6.98. The molecule has 1 unspecified atom stereocenters. The smallest absolute Gasteiger partial charge is 0.297 e. The second kappa shape index (κ2) is 7.00. The van der Waals surface area contributed by atoms with E-state index in [0.29, 0.717) is 24.3 Å². The average molecular weight is 372 g/mol. The maximum Gasteiger partial charge on any atom is 0.297 e. The number of aryl methyl sites for hydroxylation is 1. The molecule has 0 saturated heterocycles. The summed E-state index contributed by atoms with van der Waals surface area (Å²) in [7, 11) is -0.102. The molecule has 1 atom stereocenters. The summed E-state index contributed by atoms with van der Waals surface area (Å²) in [4.78, 5) is 0.175. The molecule has 0 saturated carbocycles. The molecular formula is C18H22B2O5S. The Bertz CT molecular complexity index is 894. The van der Waals surface area contributed by atoms with Crippen molar-refractivity contribution in [2.24, 2.45) is 0 Å². The van der Waals surface area contributed by atoms with Gasteiger partial charge in [0.15, 0.2) is 32.8 Å². The van der Waals surface area contributed by atoms with E-state index in [1.807, 2.05) is 47.7 Å². The van der Waals surface area contributed by atoms with Crippen molar-refractivity contribution in [2.75, 3.05) is 0 Å². The van der Waals surface area contributed by atoms with Gasteiger partial charge in [-0.2, -0.15) is 8.42 Å². The van der Waals surface area contributed by atoms with Crippen molar-refractivity contribution in [2.45, 2.75) is 43.3 Å². The predicted molar refractivity (Wildman–Crippen MR) is 105 cm³/mol. The molecule has 1 aliphatic rings. The number of hydrogen-bond acceptors (Lipinski definition) is 5. The van der Waals surface area contributed by atoms with Gasteiger partial charge >= 0.3 is 0 Å². The largest absolute Gasteiger partial charge is 0.467 e. The topological polar surface area (TPSA) is 61.8 Å². The third-order valence-electron chi connectivity index (χ3n) is 4.21. The van der Waals surface area contributed by atoms with Crippen LogP contribution in [0.15, 0.2) is 47.4 Å². The Balaban J connectivity index is 1.73. The molecule has 0 radical (unpaired) electrons. The highest BCUT2D eigenvalue weighted by Crippen LogP contribution is 2.38. The lowest BCUT2D eigenvalue weighted by Gasteiger charge is -2.17. The summed E-state index contributed by atoms with van der Waals surface area (Å²) >= 11 is 0. The van der Waals surface area contributed by atoms with E-state index in [-0.39, 0.29) is 4.90 Å². The van der Waals surface area contributed by atoms with E-state index in [2.05, 4.69) is 0 Å². The fourth-order valence-corrected chi connectivity index (χ4v) is 3.99. The number of benzene rings is 2. The minimum Gasteiger partial charge on any atom is -0.467 e. The van der Waals surface area contributed by atoms with Gasteiger partial charge in [0, 0.05) is 6.42 Å². The van der Waals surface area contributed by atoms with Crippen LogP contribution in [0.2, 0.25) is 0 Å². The summed E-state index contributed by atoms with van der Waals surface area (Å²) in [6.45, 7) is 3.82. The molecule has 0 aromatic heterocycles. The molecule has 2 aromatic rings. The molecule has 0 fully saturated rings. The summed E-state index contributed by atoms with van der Waals surface area (Å²) in [6, 6.07) is 12.3. The highest BCUT2D eigenvalue weighted by atomic mass is 32.2. The fourth-order valence-electron chi connectivity index (χ4n) is 2.84. The molecule has 3 rings (SSSR count). The summed E-state index contributed by atoms with van der Waals surface area (Å²) in [6.07, 6.45) is 0.596. The lowest BCUT2D eigenvalue weighted by atomic mass is 9.76. The Morgan fingerprint density at radius 3 is 2.38 bits per heavy atom. The molecule has 136 valence electrons. The van der Waals surface area contributed by atoms with E-state index in [4.69, 9.17) is 13.7 Å². The molecule has 5 nitrogen and oxygen atoms in total. The zero-order valence-corrected chi connectivity index (χ0v) is 16.3. The van der Waals surface area contributed by atoms with Gasteiger partial charge in [-0.05, 0) is 43.2 Å². The summed E-state index contributed by atoms with van der Waals surface area (Å²) in [5.74, 6) is 1.36. The maximum atomic E-state index is 12.5. The van der Waals surface area contributed by atoms with Gasteiger partial charge in [0.05, 0.1) is 11.0 Å². The van der Waals surface area contributed by atoms with Gasteiger partial charge in [-0.1, -0.05) is 30.7 Å². The lowest BCUT2D eigenvalue weighted by Crippen LogP contribution is -2.39. The number of ether oxygens (including phenoxy) is 2. The monoisotopic (exact) mass is 372 g/mol. The van der Waals surface area contributed by atoms with Gasteiger partial charge in [0.25, 0.3) is 10.1 Å². The van der Waals surface area contributed by atoms with Gasteiger partial charge in [-0.3, -0.25) is 4.18 Å². The Morgan fingerprint density at radius 2 is 1.73 bits per heavy atom. The van der Waals surface area contributed by atoms with E-state index in [9.17, 15) is 8.42 Å². The van der Waals surface area contributed by atoms with E-state index < -0.39 is 21.8 Å². The first-order chi connectivity index (χ1) is 12.2. The van der Waals surface area contributed by atoms with E-state index >= 15 is 0 Å². The molecule has 0 bridgehead atoms. The highest BCUT2D eigenvalue weighted by Gasteiger charge is 2.31. The SMILES string of the molecule is BC1(B)Oc2ccc(CC(CC)OS(=O)(=O)c3ccc(C)cc3)cc2O1. The van der Waals surface area contributed by atoms with Crippen LogP contribution in [0.3, 0.4) is 0 Å². The highest BCUT2D eigenvalue weighted by molar-refractivity contribution is 7.86. The van der Waals surface area contributed by atoms with Crippen molar-refractivity contribution in [1.29, 1.82) is 0 Å². The number of fused-ring (bicyclic) bond motifs is 1. The normalized spacial score (nSPS) is 16.4. The van der Waals surface area contributed by atoms with Gasteiger partial charge in [0.2, 0.25) is 0 Å². The molecule has 2 aromatic carbocycles. The van der Waals surface area contributed by atoms with Gasteiger partial charge in [0.1, 0.15) is 0 Å². The predicted octanol–water partition coefficient (Wildman–Crippen LogP) is 1.37. The third-order valence-corrected chi connectivity index (χ3v) is 5.59. The number of rotatable bonds is 6. The minimum atomic E-state index is -3.79. The molecule has 0 spiro atoms. The van der Waals surface area contributed by atoms with Crippen LogP contribution in [0.25, 0.3) is 0 Å². The van der Waals surface area contributed by atoms with E-state index in [0.717, 1.165) is 11.1 Å². The van der Waals surface area contributed by atoms with Crippen LogP contribution in [0.5, 0.6) is 11.5 Å². The van der Waals surface area contributed by atoms with Crippen molar-refractivity contribution in [3.8, 4) is 11.5 Å².